The Balaban J connectivity index is 2.19. The van der Waals surface area contributed by atoms with Crippen LogP contribution in [0.4, 0.5) is 0 Å². The van der Waals surface area contributed by atoms with Crippen molar-refractivity contribution in [3.05, 3.63) is 29.3 Å². The zero-order chi connectivity index (χ0) is 11.1. The summed E-state index contributed by atoms with van der Waals surface area (Å²) in [4.78, 5) is 4.42. The third kappa shape index (κ3) is 1.57. The van der Waals surface area contributed by atoms with Crippen LogP contribution in [0.25, 0.3) is 5.52 Å². The minimum absolute atomic E-state index is 0.244. The number of imidazole rings is 1. The van der Waals surface area contributed by atoms with E-state index in [0.29, 0.717) is 11.1 Å². The summed E-state index contributed by atoms with van der Waals surface area (Å²) in [6.07, 6.45) is 2.82. The van der Waals surface area contributed by atoms with Crippen molar-refractivity contribution in [2.75, 3.05) is 11.5 Å². The number of pyridine rings is 1. The molecule has 1 aliphatic rings. The Hall–Kier alpha value is -0.870. The molecule has 1 fully saturated rings. The highest BCUT2D eigenvalue weighted by molar-refractivity contribution is 7.99. The standard InChI is InChI=1S/C11H11ClN2OS/c12-10-9-2-1-8(15)5-14(9)11(13-10)7-3-4-16-6-7/h1-2,5,7,15H,3-4,6H2. The van der Waals surface area contributed by atoms with E-state index in [1.807, 2.05) is 16.2 Å². The van der Waals surface area contributed by atoms with Crippen LogP contribution < -0.4 is 0 Å². The molecule has 84 valence electrons. The fraction of sp³-hybridized carbons (Fsp3) is 0.364. The average molecular weight is 255 g/mol. The molecule has 0 amide bonds. The average Bonchev–Trinajstić information content (AvgIpc) is 2.86. The van der Waals surface area contributed by atoms with E-state index in [1.54, 1.807) is 18.3 Å². The molecule has 0 aliphatic carbocycles. The molecule has 1 unspecified atom stereocenters. The summed E-state index contributed by atoms with van der Waals surface area (Å²) >= 11 is 8.03. The van der Waals surface area contributed by atoms with E-state index in [0.717, 1.165) is 23.5 Å². The number of thioether (sulfide) groups is 1. The molecule has 1 atom stereocenters. The predicted octanol–water partition coefficient (Wildman–Crippen LogP) is 2.91. The second-order valence-electron chi connectivity index (χ2n) is 3.96. The molecule has 3 nitrogen and oxygen atoms in total. The van der Waals surface area contributed by atoms with Crippen LogP contribution >= 0.6 is 23.4 Å². The van der Waals surface area contributed by atoms with Crippen molar-refractivity contribution in [2.45, 2.75) is 12.3 Å². The van der Waals surface area contributed by atoms with Crippen molar-refractivity contribution < 1.29 is 5.11 Å². The van der Waals surface area contributed by atoms with Gasteiger partial charge in [-0.1, -0.05) is 11.6 Å². The summed E-state index contributed by atoms with van der Waals surface area (Å²) in [5, 5.41) is 10.0. The van der Waals surface area contributed by atoms with Gasteiger partial charge in [-0.15, -0.1) is 0 Å². The molecule has 0 saturated carbocycles. The molecule has 5 heteroatoms. The molecule has 0 aromatic carbocycles. The Morgan fingerprint density at radius 1 is 1.50 bits per heavy atom. The molecule has 0 bridgehead atoms. The summed E-state index contributed by atoms with van der Waals surface area (Å²) in [6, 6.07) is 3.44. The van der Waals surface area contributed by atoms with Crippen LogP contribution in [0.15, 0.2) is 18.3 Å². The van der Waals surface area contributed by atoms with Gasteiger partial charge in [-0.3, -0.25) is 4.40 Å². The van der Waals surface area contributed by atoms with Crippen LogP contribution in [-0.4, -0.2) is 26.0 Å². The van der Waals surface area contributed by atoms with Crippen LogP contribution in [0.2, 0.25) is 5.15 Å². The minimum atomic E-state index is 0.244. The van der Waals surface area contributed by atoms with Crippen molar-refractivity contribution in [3.63, 3.8) is 0 Å². The number of nitrogens with zero attached hydrogens (tertiary/aromatic N) is 2. The molecular weight excluding hydrogens is 244 g/mol. The van der Waals surface area contributed by atoms with Crippen LogP contribution in [0.5, 0.6) is 5.75 Å². The quantitative estimate of drug-likeness (QED) is 0.850. The van der Waals surface area contributed by atoms with E-state index in [4.69, 9.17) is 11.6 Å². The van der Waals surface area contributed by atoms with Crippen molar-refractivity contribution in [2.24, 2.45) is 0 Å². The van der Waals surface area contributed by atoms with E-state index in [9.17, 15) is 5.11 Å². The lowest BCUT2D eigenvalue weighted by Gasteiger charge is -2.06. The third-order valence-electron chi connectivity index (χ3n) is 2.90. The molecular formula is C11H11ClN2OS. The number of rotatable bonds is 1. The maximum atomic E-state index is 9.51. The maximum Gasteiger partial charge on any atom is 0.155 e. The molecule has 2 aromatic heterocycles. The van der Waals surface area contributed by atoms with Crippen molar-refractivity contribution >= 4 is 28.9 Å². The van der Waals surface area contributed by atoms with Gasteiger partial charge in [0, 0.05) is 11.7 Å². The zero-order valence-electron chi connectivity index (χ0n) is 8.56. The smallest absolute Gasteiger partial charge is 0.155 e. The van der Waals surface area contributed by atoms with Gasteiger partial charge in [-0.25, -0.2) is 4.98 Å². The molecule has 16 heavy (non-hydrogen) atoms. The molecule has 1 N–H and O–H groups in total. The number of halogens is 1. The molecule has 1 saturated heterocycles. The highest BCUT2D eigenvalue weighted by atomic mass is 35.5. The molecule has 0 spiro atoms. The van der Waals surface area contributed by atoms with Crippen molar-refractivity contribution in [1.29, 1.82) is 0 Å². The van der Waals surface area contributed by atoms with Gasteiger partial charge in [-0.05, 0) is 24.3 Å². The SMILES string of the molecule is Oc1ccc2c(Cl)nc(C3CCSC3)n2c1. The van der Waals surface area contributed by atoms with Gasteiger partial charge in [0.05, 0.1) is 11.7 Å². The number of aromatic hydroxyl groups is 1. The summed E-state index contributed by atoms with van der Waals surface area (Å²) < 4.78 is 1.91. The second-order valence-corrected chi connectivity index (χ2v) is 5.47. The highest BCUT2D eigenvalue weighted by Crippen LogP contribution is 2.34. The monoisotopic (exact) mass is 254 g/mol. The number of aromatic nitrogens is 2. The second kappa shape index (κ2) is 3.86. The Morgan fingerprint density at radius 2 is 2.38 bits per heavy atom. The first-order valence-electron chi connectivity index (χ1n) is 5.20. The van der Waals surface area contributed by atoms with E-state index in [-0.39, 0.29) is 5.75 Å². The first-order valence-corrected chi connectivity index (χ1v) is 6.73. The Kier molecular flexibility index (Phi) is 2.48. The molecule has 2 aromatic rings. The molecule has 3 heterocycles. The van der Waals surface area contributed by atoms with Gasteiger partial charge in [-0.2, -0.15) is 11.8 Å². The van der Waals surface area contributed by atoms with Gasteiger partial charge >= 0.3 is 0 Å². The predicted molar refractivity (Wildman–Crippen MR) is 66.5 cm³/mol. The Morgan fingerprint density at radius 3 is 3.12 bits per heavy atom. The van der Waals surface area contributed by atoms with Crippen LogP contribution in [-0.2, 0) is 0 Å². The van der Waals surface area contributed by atoms with Crippen molar-refractivity contribution in [3.8, 4) is 5.75 Å². The lowest BCUT2D eigenvalue weighted by molar-refractivity contribution is 0.471. The summed E-state index contributed by atoms with van der Waals surface area (Å²) in [5.74, 6) is 3.93. The summed E-state index contributed by atoms with van der Waals surface area (Å²) in [6.45, 7) is 0. The van der Waals surface area contributed by atoms with E-state index < -0.39 is 0 Å². The molecule has 1 aliphatic heterocycles. The van der Waals surface area contributed by atoms with Crippen LogP contribution in [0, 0.1) is 0 Å². The fourth-order valence-corrected chi connectivity index (χ4v) is 3.54. The first-order chi connectivity index (χ1) is 7.75. The Bertz CT molecular complexity index is 534. The maximum absolute atomic E-state index is 9.51. The molecule has 3 rings (SSSR count). The topological polar surface area (TPSA) is 37.5 Å². The normalized spacial score (nSPS) is 20.7. The minimum Gasteiger partial charge on any atom is -0.506 e. The molecule has 0 radical (unpaired) electrons. The number of fused-ring (bicyclic) bond motifs is 1. The lowest BCUT2D eigenvalue weighted by Crippen LogP contribution is -2.02. The fourth-order valence-electron chi connectivity index (χ4n) is 2.09. The van der Waals surface area contributed by atoms with Gasteiger partial charge < -0.3 is 5.11 Å². The summed E-state index contributed by atoms with van der Waals surface area (Å²) in [7, 11) is 0. The van der Waals surface area contributed by atoms with E-state index in [1.165, 1.54) is 5.75 Å². The zero-order valence-corrected chi connectivity index (χ0v) is 10.1. The number of hydrogen-bond acceptors (Lipinski definition) is 3. The lowest BCUT2D eigenvalue weighted by atomic mass is 10.1. The van der Waals surface area contributed by atoms with Gasteiger partial charge in [0.25, 0.3) is 0 Å². The van der Waals surface area contributed by atoms with E-state index >= 15 is 0 Å². The largest absolute Gasteiger partial charge is 0.506 e. The van der Waals surface area contributed by atoms with Crippen LogP contribution in [0.3, 0.4) is 0 Å². The number of hydrogen-bond donors (Lipinski definition) is 1. The first kappa shape index (κ1) is 10.3. The Labute approximate surface area is 102 Å². The van der Waals surface area contributed by atoms with Gasteiger partial charge in [0.15, 0.2) is 5.15 Å². The van der Waals surface area contributed by atoms with Crippen LogP contribution in [0.1, 0.15) is 18.2 Å². The van der Waals surface area contributed by atoms with Gasteiger partial charge in [0.1, 0.15) is 11.6 Å². The van der Waals surface area contributed by atoms with Crippen molar-refractivity contribution in [1.82, 2.24) is 9.38 Å². The highest BCUT2D eigenvalue weighted by Gasteiger charge is 2.23. The van der Waals surface area contributed by atoms with E-state index in [2.05, 4.69) is 4.98 Å². The summed E-state index contributed by atoms with van der Waals surface area (Å²) in [5.41, 5.74) is 0.867. The third-order valence-corrected chi connectivity index (χ3v) is 4.34. The van der Waals surface area contributed by atoms with Gasteiger partial charge in [0.2, 0.25) is 0 Å².